The molecule has 11 heteroatoms. The summed E-state index contributed by atoms with van der Waals surface area (Å²) in [7, 11) is 0. The molecule has 0 aliphatic carbocycles. The Morgan fingerprint density at radius 3 is 2.18 bits per heavy atom. The van der Waals surface area contributed by atoms with E-state index in [1.165, 1.54) is 62.7 Å². The number of non-ortho nitro benzene ring substituents is 1. The Balaban J connectivity index is 0.000000397. The van der Waals surface area contributed by atoms with Gasteiger partial charge in [0, 0.05) is 12.1 Å². The second-order valence-corrected chi connectivity index (χ2v) is 5.92. The van der Waals surface area contributed by atoms with E-state index in [-0.39, 0.29) is 11.4 Å². The largest absolute Gasteiger partial charge is 0.357 e. The average molecular weight is 389 g/mol. The summed E-state index contributed by atoms with van der Waals surface area (Å²) in [6.07, 6.45) is 6.66. The molecule has 0 radical (unpaired) electrons. The Kier molecular flexibility index (Phi) is 7.34. The molecular weight excluding hydrogens is 370 g/mol. The van der Waals surface area contributed by atoms with Crippen LogP contribution in [0.15, 0.2) is 33.9 Å². The van der Waals surface area contributed by atoms with Gasteiger partial charge in [0.05, 0.1) is 9.85 Å². The summed E-state index contributed by atoms with van der Waals surface area (Å²) in [5.41, 5.74) is -2.92. The third-order valence-electron chi connectivity index (χ3n) is 3.86. The molecule has 0 unspecified atom stereocenters. The molecule has 0 spiro atoms. The molecule has 11 nitrogen and oxygen atoms in total. The van der Waals surface area contributed by atoms with E-state index >= 15 is 0 Å². The molecule has 3 N–H and O–H groups in total. The van der Waals surface area contributed by atoms with Gasteiger partial charge in [0.15, 0.2) is 0 Å². The first-order chi connectivity index (χ1) is 13.4. The molecule has 1 saturated heterocycles. The van der Waals surface area contributed by atoms with Crippen molar-refractivity contribution in [2.24, 2.45) is 0 Å². The van der Waals surface area contributed by atoms with Gasteiger partial charge < -0.3 is 10.3 Å². The van der Waals surface area contributed by atoms with Crippen molar-refractivity contribution < 1.29 is 9.85 Å². The van der Waals surface area contributed by atoms with Crippen molar-refractivity contribution in [3.05, 3.63) is 76.6 Å². The van der Waals surface area contributed by atoms with Crippen LogP contribution in [0.5, 0.6) is 0 Å². The van der Waals surface area contributed by atoms with E-state index in [4.69, 9.17) is 0 Å². The van der Waals surface area contributed by atoms with Crippen LogP contribution in [-0.2, 0) is 0 Å². The Morgan fingerprint density at radius 1 is 0.929 bits per heavy atom. The second-order valence-electron chi connectivity index (χ2n) is 5.92. The van der Waals surface area contributed by atoms with E-state index in [0.29, 0.717) is 5.56 Å². The fourth-order valence-electron chi connectivity index (χ4n) is 2.52. The van der Waals surface area contributed by atoms with Gasteiger partial charge in [0.2, 0.25) is 0 Å². The van der Waals surface area contributed by atoms with Gasteiger partial charge in [-0.15, -0.1) is 0 Å². The third-order valence-corrected chi connectivity index (χ3v) is 3.86. The smallest absolute Gasteiger partial charge is 0.317 e. The Labute approximate surface area is 158 Å². The van der Waals surface area contributed by atoms with Crippen LogP contribution in [0.25, 0.3) is 12.2 Å². The molecule has 1 aliphatic rings. The number of hydrogen-bond acceptors (Lipinski definition) is 7. The normalized spacial score (nSPS) is 13.6. The van der Waals surface area contributed by atoms with E-state index < -0.39 is 26.8 Å². The number of nitro benzene ring substituents is 1. The lowest BCUT2D eigenvalue weighted by Gasteiger charge is -2.08. The van der Waals surface area contributed by atoms with Gasteiger partial charge in [-0.3, -0.25) is 30.0 Å². The molecule has 2 aromatic rings. The van der Waals surface area contributed by atoms with Crippen LogP contribution in [0.4, 0.5) is 11.4 Å². The Bertz CT molecular complexity index is 979. The Morgan fingerprint density at radius 2 is 1.64 bits per heavy atom. The highest BCUT2D eigenvalue weighted by Crippen LogP contribution is 2.16. The van der Waals surface area contributed by atoms with Crippen LogP contribution in [0.2, 0.25) is 0 Å². The molecule has 0 amide bonds. The summed E-state index contributed by atoms with van der Waals surface area (Å²) in [4.78, 5) is 46.5. The quantitative estimate of drug-likeness (QED) is 0.530. The predicted octanol–water partition coefficient (Wildman–Crippen LogP) is 1.81. The zero-order valence-electron chi connectivity index (χ0n) is 14.8. The minimum Gasteiger partial charge on any atom is -0.317 e. The molecular formula is C17H19N5O6. The monoisotopic (exact) mass is 389 g/mol. The summed E-state index contributed by atoms with van der Waals surface area (Å²) in [6.45, 7) is 2.50. The van der Waals surface area contributed by atoms with Gasteiger partial charge in [-0.1, -0.05) is 24.6 Å². The van der Waals surface area contributed by atoms with Gasteiger partial charge in [-0.2, -0.15) is 0 Å². The minimum atomic E-state index is -1.13. The summed E-state index contributed by atoms with van der Waals surface area (Å²) in [5, 5.41) is 24.8. The number of piperidine rings is 1. The first-order valence-electron chi connectivity index (χ1n) is 8.52. The number of nitrogens with one attached hydrogen (secondary N) is 3. The van der Waals surface area contributed by atoms with Gasteiger partial charge in [-0.05, 0) is 37.6 Å². The van der Waals surface area contributed by atoms with Gasteiger partial charge >= 0.3 is 16.9 Å². The molecule has 0 bridgehead atoms. The standard InChI is InChI=1S/C12H8N4O6.C5H11N/c17-11-10(16(21)22)9(13-12(18)14-11)5-4-7-2-1-3-8(6-7)15(19)20;1-2-4-6-5-3-1/h1-6H,(H2,13,14,17,18);6H,1-5H2/b5-4+;. The molecule has 1 aromatic carbocycles. The first-order valence-corrected chi connectivity index (χ1v) is 8.52. The van der Waals surface area contributed by atoms with E-state index in [0.717, 1.165) is 6.08 Å². The maximum atomic E-state index is 11.4. The van der Waals surface area contributed by atoms with Crippen molar-refractivity contribution in [1.29, 1.82) is 0 Å². The van der Waals surface area contributed by atoms with Crippen molar-refractivity contribution in [3.63, 3.8) is 0 Å². The average Bonchev–Trinajstić information content (AvgIpc) is 2.67. The van der Waals surface area contributed by atoms with Gasteiger partial charge in [0.25, 0.3) is 5.69 Å². The summed E-state index contributed by atoms with van der Waals surface area (Å²) in [6, 6.07) is 5.50. The molecule has 0 atom stereocenters. The SMILES string of the molecule is C1CCNCC1.O=c1[nH]c(/C=C/c2cccc([N+](=O)[O-])c2)c([N+](=O)[O-])c(=O)[nH]1. The number of H-pyrrole nitrogens is 2. The molecule has 3 rings (SSSR count). The number of benzene rings is 1. The number of rotatable bonds is 4. The molecule has 2 heterocycles. The zero-order chi connectivity index (χ0) is 20.5. The number of nitro groups is 2. The second kappa shape index (κ2) is 9.92. The minimum absolute atomic E-state index is 0.156. The third kappa shape index (κ3) is 5.99. The maximum absolute atomic E-state index is 11.4. The van der Waals surface area contributed by atoms with Crippen molar-refractivity contribution in [2.45, 2.75) is 19.3 Å². The topological polar surface area (TPSA) is 164 Å². The van der Waals surface area contributed by atoms with Gasteiger partial charge in [-0.25, -0.2) is 4.79 Å². The molecule has 0 saturated carbocycles. The van der Waals surface area contributed by atoms with Crippen LogP contribution in [-0.4, -0.2) is 32.9 Å². The molecule has 1 aliphatic heterocycles. The highest BCUT2D eigenvalue weighted by Gasteiger charge is 2.18. The Hall–Kier alpha value is -3.60. The molecule has 28 heavy (non-hydrogen) atoms. The van der Waals surface area contributed by atoms with Crippen LogP contribution < -0.4 is 16.6 Å². The fourth-order valence-corrected chi connectivity index (χ4v) is 2.52. The van der Waals surface area contributed by atoms with E-state index in [1.54, 1.807) is 4.98 Å². The number of aromatic nitrogens is 2. The highest BCUT2D eigenvalue weighted by molar-refractivity contribution is 5.72. The molecule has 1 fully saturated rings. The van der Waals surface area contributed by atoms with Crippen molar-refractivity contribution in [2.75, 3.05) is 13.1 Å². The van der Waals surface area contributed by atoms with E-state index in [1.807, 2.05) is 0 Å². The van der Waals surface area contributed by atoms with Crippen LogP contribution in [0.3, 0.4) is 0 Å². The van der Waals surface area contributed by atoms with Crippen molar-refractivity contribution in [3.8, 4) is 0 Å². The highest BCUT2D eigenvalue weighted by atomic mass is 16.6. The van der Waals surface area contributed by atoms with Crippen LogP contribution in [0, 0.1) is 20.2 Å². The molecule has 1 aromatic heterocycles. The zero-order valence-corrected chi connectivity index (χ0v) is 14.8. The summed E-state index contributed by atoms with van der Waals surface area (Å²) < 4.78 is 0. The maximum Gasteiger partial charge on any atom is 0.357 e. The van der Waals surface area contributed by atoms with Crippen molar-refractivity contribution in [1.82, 2.24) is 15.3 Å². The van der Waals surface area contributed by atoms with Crippen LogP contribution in [0.1, 0.15) is 30.5 Å². The lowest BCUT2D eigenvalue weighted by atomic mass is 10.1. The summed E-state index contributed by atoms with van der Waals surface area (Å²) in [5.74, 6) is 0. The predicted molar refractivity (Wildman–Crippen MR) is 103 cm³/mol. The fraction of sp³-hybridized carbons (Fsp3) is 0.294. The van der Waals surface area contributed by atoms with Gasteiger partial charge in [0.1, 0.15) is 5.69 Å². The van der Waals surface area contributed by atoms with Crippen molar-refractivity contribution >= 4 is 23.5 Å². The lowest BCUT2D eigenvalue weighted by Crippen LogP contribution is -2.25. The number of aromatic amines is 2. The number of nitrogens with zero attached hydrogens (tertiary/aromatic N) is 2. The number of hydrogen-bond donors (Lipinski definition) is 3. The first kappa shape index (κ1) is 20.7. The van der Waals surface area contributed by atoms with Crippen LogP contribution >= 0.6 is 0 Å². The van der Waals surface area contributed by atoms with E-state index in [9.17, 15) is 29.8 Å². The lowest BCUT2D eigenvalue weighted by molar-refractivity contribution is -0.386. The summed E-state index contributed by atoms with van der Waals surface area (Å²) >= 11 is 0. The molecule has 148 valence electrons. The van der Waals surface area contributed by atoms with E-state index in [2.05, 4.69) is 10.3 Å².